The molecule has 0 fully saturated rings. The Bertz CT molecular complexity index is 387. The quantitative estimate of drug-likeness (QED) is 0.749. The number of nitrogens with zero attached hydrogens (tertiary/aromatic N) is 2. The largest absolute Gasteiger partial charge is 0.333 e. The van der Waals surface area contributed by atoms with E-state index in [0.717, 1.165) is 25.1 Å². The third-order valence-corrected chi connectivity index (χ3v) is 2.09. The lowest BCUT2D eigenvalue weighted by atomic mass is 10.1. The van der Waals surface area contributed by atoms with Crippen molar-refractivity contribution in [2.45, 2.75) is 39.5 Å². The third-order valence-electron chi connectivity index (χ3n) is 2.09. The second-order valence-corrected chi connectivity index (χ2v) is 3.44. The summed E-state index contributed by atoms with van der Waals surface area (Å²) in [6.45, 7) is 3.96. The molecule has 4 heteroatoms. The fourth-order valence-corrected chi connectivity index (χ4v) is 1.41. The second kappa shape index (κ2) is 5.30. The molecular weight excluding hydrogens is 190 g/mol. The number of hydrogen-bond donors (Lipinski definition) is 1. The van der Waals surface area contributed by atoms with Crippen LogP contribution in [0.1, 0.15) is 55.1 Å². The highest BCUT2D eigenvalue weighted by atomic mass is 16.1. The van der Waals surface area contributed by atoms with Crippen molar-refractivity contribution in [3.05, 3.63) is 17.2 Å². The van der Waals surface area contributed by atoms with E-state index in [2.05, 4.69) is 9.97 Å². The molecule has 4 nitrogen and oxygen atoms in total. The highest BCUT2D eigenvalue weighted by Gasteiger charge is 2.15. The number of aromatic nitrogens is 2. The number of nitriles is 1. The summed E-state index contributed by atoms with van der Waals surface area (Å²) in [5.41, 5.74) is 0.611. The third kappa shape index (κ3) is 2.66. The first-order valence-electron chi connectivity index (χ1n) is 5.25. The fraction of sp³-hybridized carbons (Fsp3) is 0.545. The maximum atomic E-state index is 11.6. The first-order valence-corrected chi connectivity index (χ1v) is 5.25. The average molecular weight is 205 g/mol. The van der Waals surface area contributed by atoms with Gasteiger partial charge in [-0.1, -0.05) is 13.8 Å². The Hall–Kier alpha value is -1.63. The monoisotopic (exact) mass is 205 g/mol. The summed E-state index contributed by atoms with van der Waals surface area (Å²) in [4.78, 5) is 18.6. The maximum Gasteiger partial charge on any atom is 0.184 e. The number of nitrogens with one attached hydrogen (secondary N) is 1. The van der Waals surface area contributed by atoms with Crippen LogP contribution in [0.5, 0.6) is 0 Å². The van der Waals surface area contributed by atoms with E-state index >= 15 is 0 Å². The number of carbonyl (C=O) groups excluding carboxylic acids is 1. The first-order chi connectivity index (χ1) is 7.22. The van der Waals surface area contributed by atoms with Crippen LogP contribution in [-0.2, 0) is 6.42 Å². The van der Waals surface area contributed by atoms with Gasteiger partial charge < -0.3 is 4.98 Å². The molecule has 0 spiro atoms. The standard InChI is InChI=1S/C11H15N3O/c1-3-5-9(15)11-8(7-12)13-10(14-11)6-4-2/h3-6H2,1-2H3,(H,13,14). The van der Waals surface area contributed by atoms with Gasteiger partial charge in [-0.15, -0.1) is 0 Å². The topological polar surface area (TPSA) is 69.5 Å². The van der Waals surface area contributed by atoms with Crippen LogP contribution in [0.15, 0.2) is 0 Å². The molecule has 1 rings (SSSR count). The molecule has 0 atom stereocenters. The molecule has 0 bridgehead atoms. The van der Waals surface area contributed by atoms with Gasteiger partial charge in [-0.05, 0) is 12.8 Å². The smallest absolute Gasteiger partial charge is 0.184 e. The van der Waals surface area contributed by atoms with Crippen molar-refractivity contribution in [2.75, 3.05) is 0 Å². The van der Waals surface area contributed by atoms with Crippen LogP contribution in [0.4, 0.5) is 0 Å². The molecule has 0 aliphatic carbocycles. The average Bonchev–Trinajstić information content (AvgIpc) is 2.62. The number of aromatic amines is 1. The number of ketones is 1. The summed E-state index contributed by atoms with van der Waals surface area (Å²) in [6, 6.07) is 1.97. The molecule has 15 heavy (non-hydrogen) atoms. The lowest BCUT2D eigenvalue weighted by molar-refractivity contribution is 0.0977. The Labute approximate surface area is 89.3 Å². The van der Waals surface area contributed by atoms with Gasteiger partial charge in [-0.2, -0.15) is 5.26 Å². The van der Waals surface area contributed by atoms with E-state index in [1.165, 1.54) is 0 Å². The molecule has 1 N–H and O–H groups in total. The van der Waals surface area contributed by atoms with E-state index in [0.29, 0.717) is 17.8 Å². The molecule has 0 saturated heterocycles. The fourth-order valence-electron chi connectivity index (χ4n) is 1.41. The van der Waals surface area contributed by atoms with Gasteiger partial charge in [0.05, 0.1) is 0 Å². The summed E-state index contributed by atoms with van der Waals surface area (Å²) in [7, 11) is 0. The van der Waals surface area contributed by atoms with Crippen molar-refractivity contribution in [1.82, 2.24) is 9.97 Å². The minimum absolute atomic E-state index is 0.0485. The predicted octanol–water partition coefficient (Wildman–Crippen LogP) is 2.22. The summed E-state index contributed by atoms with van der Waals surface area (Å²) in [5, 5.41) is 8.84. The van der Waals surface area contributed by atoms with E-state index in [4.69, 9.17) is 5.26 Å². The van der Waals surface area contributed by atoms with E-state index in [1.54, 1.807) is 0 Å². The van der Waals surface area contributed by atoms with Gasteiger partial charge in [0, 0.05) is 12.8 Å². The summed E-state index contributed by atoms with van der Waals surface area (Å²) in [6.07, 6.45) is 2.94. The highest BCUT2D eigenvalue weighted by molar-refractivity contribution is 5.96. The molecule has 0 aliphatic heterocycles. The number of imidazole rings is 1. The molecule has 0 saturated carbocycles. The molecule has 0 unspecified atom stereocenters. The van der Waals surface area contributed by atoms with Gasteiger partial charge in [-0.25, -0.2) is 4.98 Å². The van der Waals surface area contributed by atoms with Crippen LogP contribution >= 0.6 is 0 Å². The van der Waals surface area contributed by atoms with Crippen molar-refractivity contribution >= 4 is 5.78 Å². The van der Waals surface area contributed by atoms with Crippen LogP contribution in [0, 0.1) is 11.3 Å². The first kappa shape index (κ1) is 11.4. The van der Waals surface area contributed by atoms with Gasteiger partial charge in [0.2, 0.25) is 0 Å². The zero-order valence-electron chi connectivity index (χ0n) is 9.13. The zero-order chi connectivity index (χ0) is 11.3. The van der Waals surface area contributed by atoms with Gasteiger partial charge in [0.25, 0.3) is 0 Å². The van der Waals surface area contributed by atoms with Crippen molar-refractivity contribution in [1.29, 1.82) is 5.26 Å². The Morgan fingerprint density at radius 3 is 2.73 bits per heavy atom. The van der Waals surface area contributed by atoms with Crippen LogP contribution in [0.25, 0.3) is 0 Å². The number of hydrogen-bond acceptors (Lipinski definition) is 3. The van der Waals surface area contributed by atoms with E-state index in [1.807, 2.05) is 19.9 Å². The number of H-pyrrole nitrogens is 1. The van der Waals surface area contributed by atoms with Crippen molar-refractivity contribution in [2.24, 2.45) is 0 Å². The molecule has 0 radical (unpaired) electrons. The molecular formula is C11H15N3O. The Balaban J connectivity index is 2.96. The Morgan fingerprint density at radius 1 is 1.47 bits per heavy atom. The lowest BCUT2D eigenvalue weighted by Gasteiger charge is -1.92. The molecule has 1 heterocycles. The summed E-state index contributed by atoms with van der Waals surface area (Å²) >= 11 is 0. The molecule has 80 valence electrons. The number of carbonyl (C=O) groups is 1. The van der Waals surface area contributed by atoms with Crippen molar-refractivity contribution in [3.8, 4) is 6.07 Å². The van der Waals surface area contributed by atoms with Crippen LogP contribution in [-0.4, -0.2) is 15.8 Å². The SMILES string of the molecule is CCCC(=O)c1nc(CCC)[nH]c1C#N. The minimum Gasteiger partial charge on any atom is -0.333 e. The second-order valence-electron chi connectivity index (χ2n) is 3.44. The van der Waals surface area contributed by atoms with Crippen LogP contribution in [0.2, 0.25) is 0 Å². The van der Waals surface area contributed by atoms with Crippen LogP contribution < -0.4 is 0 Å². The van der Waals surface area contributed by atoms with Crippen LogP contribution in [0.3, 0.4) is 0 Å². The van der Waals surface area contributed by atoms with E-state index < -0.39 is 0 Å². The molecule has 1 aromatic heterocycles. The van der Waals surface area contributed by atoms with Gasteiger partial charge in [0.15, 0.2) is 5.78 Å². The molecule has 0 aliphatic rings. The van der Waals surface area contributed by atoms with Gasteiger partial charge in [0.1, 0.15) is 23.3 Å². The maximum absolute atomic E-state index is 11.6. The molecule has 1 aromatic rings. The van der Waals surface area contributed by atoms with E-state index in [9.17, 15) is 4.79 Å². The predicted molar refractivity (Wildman–Crippen MR) is 56.5 cm³/mol. The van der Waals surface area contributed by atoms with E-state index in [-0.39, 0.29) is 5.78 Å². The summed E-state index contributed by atoms with van der Waals surface area (Å²) in [5.74, 6) is 0.682. The summed E-state index contributed by atoms with van der Waals surface area (Å²) < 4.78 is 0. The van der Waals surface area contributed by atoms with Gasteiger partial charge >= 0.3 is 0 Å². The number of rotatable bonds is 5. The van der Waals surface area contributed by atoms with Crippen molar-refractivity contribution < 1.29 is 4.79 Å². The lowest BCUT2D eigenvalue weighted by Crippen LogP contribution is -2.01. The Morgan fingerprint density at radius 2 is 2.20 bits per heavy atom. The Kier molecular flexibility index (Phi) is 4.04. The normalized spacial score (nSPS) is 9.93. The highest BCUT2D eigenvalue weighted by Crippen LogP contribution is 2.10. The minimum atomic E-state index is -0.0485. The number of Topliss-reactive ketones (excluding diaryl/α,β-unsaturated/α-hetero) is 1. The van der Waals surface area contributed by atoms with Gasteiger partial charge in [-0.3, -0.25) is 4.79 Å². The van der Waals surface area contributed by atoms with Crippen molar-refractivity contribution in [3.63, 3.8) is 0 Å². The molecule has 0 aromatic carbocycles. The number of aryl methyl sites for hydroxylation is 1. The molecule has 0 amide bonds. The zero-order valence-corrected chi connectivity index (χ0v) is 9.13.